The van der Waals surface area contributed by atoms with Crippen LogP contribution in [0, 0.1) is 16.7 Å². The van der Waals surface area contributed by atoms with E-state index in [2.05, 4.69) is 74.4 Å². The van der Waals surface area contributed by atoms with Gasteiger partial charge in [0, 0.05) is 25.0 Å². The number of unbranched alkanes of at least 4 members (excludes halogenated alkanes) is 1. The van der Waals surface area contributed by atoms with Gasteiger partial charge in [0.15, 0.2) is 0 Å². The Morgan fingerprint density at radius 1 is 0.868 bits per heavy atom. The van der Waals surface area contributed by atoms with Crippen LogP contribution in [0.4, 0.5) is 0 Å². The van der Waals surface area contributed by atoms with Gasteiger partial charge in [-0.3, -0.25) is 4.84 Å². The van der Waals surface area contributed by atoms with Crippen molar-refractivity contribution >= 4 is 0 Å². The molecule has 2 bridgehead atoms. The van der Waals surface area contributed by atoms with Gasteiger partial charge in [-0.15, -0.1) is 0 Å². The molecule has 5 nitrogen and oxygen atoms in total. The highest BCUT2D eigenvalue weighted by Crippen LogP contribution is 2.71. The third-order valence-electron chi connectivity index (χ3n) is 10.5. The molecule has 5 heteroatoms. The summed E-state index contributed by atoms with van der Waals surface area (Å²) in [5, 5.41) is 2.36. The van der Waals surface area contributed by atoms with Crippen LogP contribution in [0.15, 0.2) is 60.7 Å². The van der Waals surface area contributed by atoms with Crippen LogP contribution in [0.25, 0.3) is 0 Å². The second-order valence-electron chi connectivity index (χ2n) is 12.8. The van der Waals surface area contributed by atoms with Crippen molar-refractivity contribution in [3.05, 3.63) is 71.8 Å². The van der Waals surface area contributed by atoms with Crippen LogP contribution in [-0.4, -0.2) is 42.3 Å². The third-order valence-corrected chi connectivity index (χ3v) is 10.5. The van der Waals surface area contributed by atoms with Gasteiger partial charge in [-0.1, -0.05) is 81.4 Å². The molecule has 6 atom stereocenters. The fourth-order valence-electron chi connectivity index (χ4n) is 7.94. The molecule has 2 aromatic rings. The highest BCUT2D eigenvalue weighted by molar-refractivity contribution is 5.22. The highest BCUT2D eigenvalue weighted by Gasteiger charge is 2.75. The van der Waals surface area contributed by atoms with Gasteiger partial charge in [-0.2, -0.15) is 5.06 Å². The summed E-state index contributed by atoms with van der Waals surface area (Å²) >= 11 is 0. The van der Waals surface area contributed by atoms with Gasteiger partial charge in [0.1, 0.15) is 5.72 Å². The number of hydroxylamine groups is 2. The van der Waals surface area contributed by atoms with Gasteiger partial charge < -0.3 is 14.2 Å². The monoisotopic (exact) mass is 519 g/mol. The summed E-state index contributed by atoms with van der Waals surface area (Å²) < 4.78 is 19.2. The number of hydrogen-bond acceptors (Lipinski definition) is 5. The third kappa shape index (κ3) is 4.65. The van der Waals surface area contributed by atoms with Crippen molar-refractivity contribution in [2.24, 2.45) is 16.7 Å². The molecule has 0 spiro atoms. The molecule has 2 heterocycles. The van der Waals surface area contributed by atoms with Crippen LogP contribution in [0.3, 0.4) is 0 Å². The molecular weight excluding hydrogens is 474 g/mol. The van der Waals surface area contributed by atoms with Crippen LogP contribution in [-0.2, 0) is 32.3 Å². The first-order valence-electron chi connectivity index (χ1n) is 14.8. The predicted molar refractivity (Wildman–Crippen MR) is 148 cm³/mol. The first-order chi connectivity index (χ1) is 18.4. The second kappa shape index (κ2) is 10.7. The summed E-state index contributed by atoms with van der Waals surface area (Å²) in [6.07, 6.45) is 7.91. The minimum atomic E-state index is -0.306. The fraction of sp³-hybridized carbons (Fsp3) is 0.636. The first-order valence-corrected chi connectivity index (χ1v) is 14.8. The minimum Gasteiger partial charge on any atom is -0.377 e. The number of ether oxygens (including phenoxy) is 3. The van der Waals surface area contributed by atoms with Crippen LogP contribution in [0.2, 0.25) is 0 Å². The standard InChI is InChI=1S/C33H45NO4/c1-31(2)28-16-19-32(31,3)30-29(28)34-33(37-30,18-10-11-20-35-23-25-12-6-4-7-13-25)22-27(38-34)17-21-36-24-26-14-8-5-9-15-26/h4-9,12-15,27-30H,10-11,16-24H2,1-3H3/t27-,28+,29+,30+,32?,33-/m0/s1. The fourth-order valence-corrected chi connectivity index (χ4v) is 7.94. The Hall–Kier alpha value is -1.76. The second-order valence-corrected chi connectivity index (χ2v) is 12.8. The number of nitrogens with zero attached hydrogens (tertiary/aromatic N) is 1. The summed E-state index contributed by atoms with van der Waals surface area (Å²) in [6.45, 7) is 10.2. The van der Waals surface area contributed by atoms with E-state index < -0.39 is 0 Å². The lowest BCUT2D eigenvalue weighted by Gasteiger charge is -2.40. The summed E-state index contributed by atoms with van der Waals surface area (Å²) in [7, 11) is 0. The number of benzene rings is 2. The van der Waals surface area contributed by atoms with Gasteiger partial charge in [-0.05, 0) is 61.0 Å². The summed E-state index contributed by atoms with van der Waals surface area (Å²) in [6, 6.07) is 21.2. The Kier molecular flexibility index (Phi) is 7.43. The van der Waals surface area contributed by atoms with Crippen LogP contribution in [0.1, 0.15) is 76.8 Å². The van der Waals surface area contributed by atoms with E-state index in [4.69, 9.17) is 19.0 Å². The molecule has 2 aliphatic carbocycles. The van der Waals surface area contributed by atoms with Gasteiger partial charge in [-0.25, -0.2) is 0 Å². The largest absolute Gasteiger partial charge is 0.377 e. The Bertz CT molecular complexity index is 1060. The first kappa shape index (κ1) is 26.5. The molecule has 0 N–H and O–H groups in total. The highest BCUT2D eigenvalue weighted by atomic mass is 16.8. The Labute approximate surface area is 228 Å². The zero-order valence-corrected chi connectivity index (χ0v) is 23.4. The van der Waals surface area contributed by atoms with E-state index in [0.717, 1.165) is 38.7 Å². The normalized spacial score (nSPS) is 35.0. The SMILES string of the molecule is CC1(C)[C@@H]2CCC1(C)[C@@H]1O[C@@]3(CCCCOCc4ccccc4)C[C@H](CCOCc4ccccc4)ON3[C@H]21. The maximum Gasteiger partial charge on any atom is 0.147 e. The van der Waals surface area contributed by atoms with Crippen molar-refractivity contribution in [1.29, 1.82) is 0 Å². The topological polar surface area (TPSA) is 40.2 Å². The van der Waals surface area contributed by atoms with E-state index in [1.54, 1.807) is 0 Å². The maximum atomic E-state index is 7.17. The lowest BCUT2D eigenvalue weighted by atomic mass is 9.70. The minimum absolute atomic E-state index is 0.149. The average Bonchev–Trinajstić information content (AvgIpc) is 3.55. The van der Waals surface area contributed by atoms with E-state index in [9.17, 15) is 0 Å². The Balaban J connectivity index is 1.06. The molecule has 206 valence electrons. The molecule has 1 unspecified atom stereocenters. The van der Waals surface area contributed by atoms with E-state index in [-0.39, 0.29) is 28.8 Å². The van der Waals surface area contributed by atoms with E-state index >= 15 is 0 Å². The van der Waals surface area contributed by atoms with Crippen molar-refractivity contribution in [3.8, 4) is 0 Å². The van der Waals surface area contributed by atoms with Crippen molar-refractivity contribution in [1.82, 2.24) is 5.06 Å². The predicted octanol–water partition coefficient (Wildman–Crippen LogP) is 6.91. The molecule has 6 rings (SSSR count). The number of rotatable bonds is 12. The Morgan fingerprint density at radius 3 is 2.21 bits per heavy atom. The van der Waals surface area contributed by atoms with Crippen LogP contribution >= 0.6 is 0 Å². The van der Waals surface area contributed by atoms with Gasteiger partial charge in [0.2, 0.25) is 0 Å². The molecule has 0 aromatic heterocycles. The zero-order chi connectivity index (χ0) is 26.2. The molecule has 2 aromatic carbocycles. The maximum absolute atomic E-state index is 7.17. The van der Waals surface area contributed by atoms with Crippen LogP contribution in [0.5, 0.6) is 0 Å². The van der Waals surface area contributed by atoms with Crippen molar-refractivity contribution in [2.75, 3.05) is 13.2 Å². The molecule has 4 aliphatic rings. The zero-order valence-electron chi connectivity index (χ0n) is 23.4. The van der Waals surface area contributed by atoms with Gasteiger partial charge in [0.05, 0.1) is 31.5 Å². The molecule has 0 radical (unpaired) electrons. The van der Waals surface area contributed by atoms with E-state index in [1.807, 2.05) is 12.1 Å². The number of fused-ring (bicyclic) bond motifs is 7. The Morgan fingerprint density at radius 2 is 1.53 bits per heavy atom. The lowest BCUT2D eigenvalue weighted by Crippen LogP contribution is -2.46. The summed E-state index contributed by atoms with van der Waals surface area (Å²) in [5.41, 5.74) is 2.64. The smallest absolute Gasteiger partial charge is 0.147 e. The molecule has 2 saturated carbocycles. The lowest BCUT2D eigenvalue weighted by molar-refractivity contribution is -0.241. The molecular formula is C33H45NO4. The summed E-state index contributed by atoms with van der Waals surface area (Å²) in [4.78, 5) is 6.78. The van der Waals surface area contributed by atoms with Crippen molar-refractivity contribution in [2.45, 2.75) is 103 Å². The van der Waals surface area contributed by atoms with E-state index in [0.29, 0.717) is 31.8 Å². The molecule has 4 fully saturated rings. The van der Waals surface area contributed by atoms with Crippen LogP contribution < -0.4 is 0 Å². The molecule has 38 heavy (non-hydrogen) atoms. The van der Waals surface area contributed by atoms with Crippen molar-refractivity contribution in [3.63, 3.8) is 0 Å². The van der Waals surface area contributed by atoms with Crippen molar-refractivity contribution < 1.29 is 19.0 Å². The molecule has 2 saturated heterocycles. The molecule has 0 amide bonds. The average molecular weight is 520 g/mol. The summed E-state index contributed by atoms with van der Waals surface area (Å²) in [5.74, 6) is 0.627. The van der Waals surface area contributed by atoms with E-state index in [1.165, 1.54) is 24.0 Å². The number of hydrogen-bond donors (Lipinski definition) is 0. The van der Waals surface area contributed by atoms with Gasteiger partial charge >= 0.3 is 0 Å². The molecule has 2 aliphatic heterocycles. The van der Waals surface area contributed by atoms with Gasteiger partial charge in [0.25, 0.3) is 0 Å². The quantitative estimate of drug-likeness (QED) is 0.285.